The fraction of sp³-hybridized carbons (Fsp3) is 0.417. The molecule has 1 heterocycles. The molecule has 0 aliphatic carbocycles. The average molecular weight is 409 g/mol. The smallest absolute Gasteiger partial charge is 0.225 e. The van der Waals surface area contributed by atoms with Crippen LogP contribution in [0.1, 0.15) is 32.8 Å². The van der Waals surface area contributed by atoms with Crippen molar-refractivity contribution in [2.24, 2.45) is 10.9 Å². The molecule has 30 heavy (non-hydrogen) atoms. The number of ether oxygens (including phenoxy) is 1. The van der Waals surface area contributed by atoms with E-state index in [0.29, 0.717) is 6.54 Å². The summed E-state index contributed by atoms with van der Waals surface area (Å²) in [5.74, 6) is 2.67. The number of carbonyl (C=O) groups is 1. The standard InChI is InChI=1S/C24H32N4O2/c1-4-25-24(27-20-14-15-28(17-20)23(29)18(2)3)26-16-19-10-12-22(13-11-19)30-21-8-6-5-7-9-21/h5-13,18,20H,4,14-17H2,1-3H3,(H2,25,26,27). The third-order valence-corrected chi connectivity index (χ3v) is 5.00. The normalized spacial score (nSPS) is 16.6. The molecule has 1 saturated heterocycles. The predicted octanol–water partition coefficient (Wildman–Crippen LogP) is 3.79. The van der Waals surface area contributed by atoms with Gasteiger partial charge in [0, 0.05) is 31.6 Å². The summed E-state index contributed by atoms with van der Waals surface area (Å²) in [6, 6.07) is 18.0. The van der Waals surface area contributed by atoms with Crippen LogP contribution in [0.3, 0.4) is 0 Å². The molecule has 3 rings (SSSR count). The second-order valence-corrected chi connectivity index (χ2v) is 7.82. The van der Waals surface area contributed by atoms with Crippen molar-refractivity contribution >= 4 is 11.9 Å². The van der Waals surface area contributed by atoms with Crippen LogP contribution in [0.4, 0.5) is 0 Å². The molecule has 1 fully saturated rings. The summed E-state index contributed by atoms with van der Waals surface area (Å²) in [6.07, 6.45) is 0.939. The molecule has 1 aliphatic heterocycles. The molecule has 2 aromatic rings. The molecule has 6 nitrogen and oxygen atoms in total. The molecule has 6 heteroatoms. The maximum absolute atomic E-state index is 12.2. The first-order valence-electron chi connectivity index (χ1n) is 10.7. The molecule has 0 radical (unpaired) electrons. The van der Waals surface area contributed by atoms with Gasteiger partial charge in [-0.15, -0.1) is 0 Å². The fourth-order valence-electron chi connectivity index (χ4n) is 3.41. The van der Waals surface area contributed by atoms with Crippen molar-refractivity contribution in [1.82, 2.24) is 15.5 Å². The second kappa shape index (κ2) is 10.7. The molecular weight excluding hydrogens is 376 g/mol. The first kappa shape index (κ1) is 21.7. The maximum atomic E-state index is 12.2. The van der Waals surface area contributed by atoms with E-state index in [9.17, 15) is 4.79 Å². The predicted molar refractivity (Wildman–Crippen MR) is 121 cm³/mol. The molecule has 0 bridgehead atoms. The first-order chi connectivity index (χ1) is 14.5. The molecule has 2 aromatic carbocycles. The van der Waals surface area contributed by atoms with Gasteiger partial charge in [0.05, 0.1) is 6.54 Å². The fourth-order valence-corrected chi connectivity index (χ4v) is 3.41. The molecule has 0 saturated carbocycles. The van der Waals surface area contributed by atoms with E-state index < -0.39 is 0 Å². The van der Waals surface area contributed by atoms with Gasteiger partial charge in [-0.3, -0.25) is 4.79 Å². The molecule has 2 N–H and O–H groups in total. The molecular formula is C24H32N4O2. The van der Waals surface area contributed by atoms with E-state index in [0.717, 1.165) is 49.1 Å². The summed E-state index contributed by atoms with van der Waals surface area (Å²) < 4.78 is 5.84. The number of hydrogen-bond donors (Lipinski definition) is 2. The molecule has 1 unspecified atom stereocenters. The lowest BCUT2D eigenvalue weighted by molar-refractivity contribution is -0.133. The van der Waals surface area contributed by atoms with Crippen molar-refractivity contribution in [1.29, 1.82) is 0 Å². The van der Waals surface area contributed by atoms with Crippen LogP contribution < -0.4 is 15.4 Å². The number of nitrogens with zero attached hydrogens (tertiary/aromatic N) is 2. The monoisotopic (exact) mass is 408 g/mol. The average Bonchev–Trinajstić information content (AvgIpc) is 3.22. The molecule has 0 spiro atoms. The number of rotatable bonds is 7. The summed E-state index contributed by atoms with van der Waals surface area (Å²) >= 11 is 0. The van der Waals surface area contributed by atoms with Gasteiger partial charge in [0.1, 0.15) is 11.5 Å². The Labute approximate surface area is 179 Å². The molecule has 1 aliphatic rings. The number of para-hydroxylation sites is 1. The number of likely N-dealkylation sites (tertiary alicyclic amines) is 1. The molecule has 1 atom stereocenters. The van der Waals surface area contributed by atoms with E-state index in [1.807, 2.05) is 73.3 Å². The third kappa shape index (κ3) is 6.24. The minimum absolute atomic E-state index is 0.0412. The van der Waals surface area contributed by atoms with E-state index in [1.165, 1.54) is 0 Å². The zero-order valence-electron chi connectivity index (χ0n) is 18.1. The summed E-state index contributed by atoms with van der Waals surface area (Å²) in [6.45, 7) is 8.84. The van der Waals surface area contributed by atoms with Crippen molar-refractivity contribution in [3.05, 3.63) is 60.2 Å². The van der Waals surface area contributed by atoms with Crippen molar-refractivity contribution in [3.8, 4) is 11.5 Å². The first-order valence-corrected chi connectivity index (χ1v) is 10.7. The second-order valence-electron chi connectivity index (χ2n) is 7.82. The van der Waals surface area contributed by atoms with Gasteiger partial charge in [-0.1, -0.05) is 44.2 Å². The number of carbonyl (C=O) groups excluding carboxylic acids is 1. The van der Waals surface area contributed by atoms with Gasteiger partial charge in [-0.25, -0.2) is 4.99 Å². The van der Waals surface area contributed by atoms with Crippen LogP contribution in [0, 0.1) is 5.92 Å². The lowest BCUT2D eigenvalue weighted by Gasteiger charge is -2.20. The van der Waals surface area contributed by atoms with E-state index in [4.69, 9.17) is 9.73 Å². The topological polar surface area (TPSA) is 66.0 Å². The van der Waals surface area contributed by atoms with Crippen LogP contribution >= 0.6 is 0 Å². The van der Waals surface area contributed by atoms with E-state index >= 15 is 0 Å². The Morgan fingerprint density at radius 1 is 1.13 bits per heavy atom. The number of hydrogen-bond acceptors (Lipinski definition) is 3. The number of aliphatic imine (C=N–C) groups is 1. The Morgan fingerprint density at radius 3 is 2.50 bits per heavy atom. The minimum Gasteiger partial charge on any atom is -0.457 e. The highest BCUT2D eigenvalue weighted by Gasteiger charge is 2.27. The van der Waals surface area contributed by atoms with E-state index in [1.54, 1.807) is 0 Å². The summed E-state index contributed by atoms with van der Waals surface area (Å²) in [7, 11) is 0. The van der Waals surface area contributed by atoms with Crippen molar-refractivity contribution in [2.45, 2.75) is 39.8 Å². The Bertz CT molecular complexity index is 834. The van der Waals surface area contributed by atoms with Crippen molar-refractivity contribution in [3.63, 3.8) is 0 Å². The maximum Gasteiger partial charge on any atom is 0.225 e. The van der Waals surface area contributed by atoms with E-state index in [2.05, 4.69) is 17.6 Å². The van der Waals surface area contributed by atoms with Crippen LogP contribution in [0.25, 0.3) is 0 Å². The number of amides is 1. The van der Waals surface area contributed by atoms with Crippen LogP contribution in [0.15, 0.2) is 59.6 Å². The van der Waals surface area contributed by atoms with Crippen molar-refractivity contribution < 1.29 is 9.53 Å². The Morgan fingerprint density at radius 2 is 1.83 bits per heavy atom. The third-order valence-electron chi connectivity index (χ3n) is 5.00. The van der Waals surface area contributed by atoms with Gasteiger partial charge in [-0.05, 0) is 43.2 Å². The largest absolute Gasteiger partial charge is 0.457 e. The quantitative estimate of drug-likeness (QED) is 0.540. The zero-order valence-corrected chi connectivity index (χ0v) is 18.1. The van der Waals surface area contributed by atoms with Crippen molar-refractivity contribution in [2.75, 3.05) is 19.6 Å². The number of benzene rings is 2. The number of nitrogens with one attached hydrogen (secondary N) is 2. The van der Waals surface area contributed by atoms with Crippen LogP contribution in [0.2, 0.25) is 0 Å². The molecule has 0 aromatic heterocycles. The Hall–Kier alpha value is -3.02. The summed E-state index contributed by atoms with van der Waals surface area (Å²) in [4.78, 5) is 18.9. The highest BCUT2D eigenvalue weighted by Crippen LogP contribution is 2.21. The van der Waals surface area contributed by atoms with Gasteiger partial charge in [0.25, 0.3) is 0 Å². The van der Waals surface area contributed by atoms with Crippen LogP contribution in [0.5, 0.6) is 11.5 Å². The van der Waals surface area contributed by atoms with Gasteiger partial charge in [-0.2, -0.15) is 0 Å². The highest BCUT2D eigenvalue weighted by molar-refractivity contribution is 5.81. The van der Waals surface area contributed by atoms with Gasteiger partial charge >= 0.3 is 0 Å². The Balaban J connectivity index is 1.55. The lowest BCUT2D eigenvalue weighted by atomic mass is 10.2. The zero-order chi connectivity index (χ0) is 21.3. The van der Waals surface area contributed by atoms with Gasteiger partial charge in [0.15, 0.2) is 5.96 Å². The van der Waals surface area contributed by atoms with Crippen LogP contribution in [-0.4, -0.2) is 42.4 Å². The van der Waals surface area contributed by atoms with Gasteiger partial charge < -0.3 is 20.3 Å². The van der Waals surface area contributed by atoms with Gasteiger partial charge in [0.2, 0.25) is 5.91 Å². The summed E-state index contributed by atoms with van der Waals surface area (Å²) in [5.41, 5.74) is 1.11. The molecule has 160 valence electrons. The lowest BCUT2D eigenvalue weighted by Crippen LogP contribution is -2.45. The summed E-state index contributed by atoms with van der Waals surface area (Å²) in [5, 5.41) is 6.78. The molecule has 1 amide bonds. The SMILES string of the molecule is CCNC(=NCc1ccc(Oc2ccccc2)cc1)NC1CCN(C(=O)C(C)C)C1. The highest BCUT2D eigenvalue weighted by atomic mass is 16.5. The van der Waals surface area contributed by atoms with Crippen LogP contribution in [-0.2, 0) is 11.3 Å². The number of guanidine groups is 1. The minimum atomic E-state index is 0.0412. The Kier molecular flexibility index (Phi) is 7.71. The van der Waals surface area contributed by atoms with E-state index in [-0.39, 0.29) is 17.9 Å².